The van der Waals surface area contributed by atoms with Crippen molar-refractivity contribution in [2.45, 2.75) is 20.0 Å². The minimum atomic E-state index is -1.12. The van der Waals surface area contributed by atoms with Gasteiger partial charge in [0.05, 0.1) is 29.4 Å². The standard InChI is InChI=1S/C21H21NO4S2/c1-13(2)26-20-14(7-6-9-16(20)25-3)11-18(27-12-19(23)24)21-22-15-8-4-5-10-17(15)28-21/h4-11,13H,12H2,1-3H3,(H,23,24)/p-1/b18-11-. The van der Waals surface area contributed by atoms with Crippen LogP contribution in [-0.4, -0.2) is 29.9 Å². The molecule has 0 N–H and O–H groups in total. The number of nitrogens with zero attached hydrogens (tertiary/aromatic N) is 1. The van der Waals surface area contributed by atoms with Crippen LogP contribution in [0, 0.1) is 0 Å². The lowest BCUT2D eigenvalue weighted by atomic mass is 10.1. The van der Waals surface area contributed by atoms with E-state index in [1.165, 1.54) is 23.1 Å². The van der Waals surface area contributed by atoms with Gasteiger partial charge in [-0.15, -0.1) is 23.1 Å². The van der Waals surface area contributed by atoms with Gasteiger partial charge in [-0.2, -0.15) is 0 Å². The van der Waals surface area contributed by atoms with Crippen LogP contribution >= 0.6 is 23.1 Å². The second-order valence-electron chi connectivity index (χ2n) is 6.20. The van der Waals surface area contributed by atoms with Gasteiger partial charge < -0.3 is 19.4 Å². The van der Waals surface area contributed by atoms with Gasteiger partial charge in [0, 0.05) is 16.2 Å². The van der Waals surface area contributed by atoms with Crippen LogP contribution in [0.3, 0.4) is 0 Å². The average Bonchev–Trinajstić information content (AvgIpc) is 3.09. The molecule has 0 amide bonds. The first-order chi connectivity index (χ1) is 13.5. The smallest absolute Gasteiger partial charge is 0.168 e. The molecule has 3 rings (SSSR count). The number of hydrogen-bond donors (Lipinski definition) is 0. The third-order valence-corrected chi connectivity index (χ3v) is 5.92. The summed E-state index contributed by atoms with van der Waals surface area (Å²) in [5.74, 6) is -0.0449. The second kappa shape index (κ2) is 9.12. The maximum Gasteiger partial charge on any atom is 0.168 e. The lowest BCUT2D eigenvalue weighted by Crippen LogP contribution is -2.24. The number of carboxylic acids is 1. The summed E-state index contributed by atoms with van der Waals surface area (Å²) in [5, 5.41) is 11.8. The highest BCUT2D eigenvalue weighted by molar-refractivity contribution is 8.09. The molecule has 1 aromatic heterocycles. The van der Waals surface area contributed by atoms with E-state index in [0.717, 1.165) is 25.7 Å². The van der Waals surface area contributed by atoms with Gasteiger partial charge >= 0.3 is 0 Å². The fraction of sp³-hybridized carbons (Fsp3) is 0.238. The molecule has 5 nitrogen and oxygen atoms in total. The zero-order valence-electron chi connectivity index (χ0n) is 15.8. The van der Waals surface area contributed by atoms with Gasteiger partial charge in [-0.25, -0.2) is 4.98 Å². The molecule has 7 heteroatoms. The van der Waals surface area contributed by atoms with Gasteiger partial charge in [0.1, 0.15) is 5.01 Å². The monoisotopic (exact) mass is 414 g/mol. The largest absolute Gasteiger partial charge is 0.549 e. The van der Waals surface area contributed by atoms with E-state index in [-0.39, 0.29) is 11.9 Å². The number of thiazole rings is 1. The Morgan fingerprint density at radius 2 is 2.04 bits per heavy atom. The minimum absolute atomic E-state index is 0.0368. The molecule has 0 fully saturated rings. The number of para-hydroxylation sites is 2. The van der Waals surface area contributed by atoms with Crippen LogP contribution in [-0.2, 0) is 4.79 Å². The second-order valence-corrected chi connectivity index (χ2v) is 8.25. The Balaban J connectivity index is 2.09. The Morgan fingerprint density at radius 1 is 1.25 bits per heavy atom. The number of carbonyl (C=O) groups excluding carboxylic acids is 1. The maximum atomic E-state index is 11.1. The summed E-state index contributed by atoms with van der Waals surface area (Å²) in [6.45, 7) is 3.89. The van der Waals surface area contributed by atoms with Gasteiger partial charge in [-0.05, 0) is 38.1 Å². The first-order valence-electron chi connectivity index (χ1n) is 8.72. The van der Waals surface area contributed by atoms with E-state index < -0.39 is 5.97 Å². The average molecular weight is 415 g/mol. The molecule has 0 aliphatic heterocycles. The molecule has 0 aliphatic rings. The first kappa shape index (κ1) is 20.2. The Morgan fingerprint density at radius 3 is 2.71 bits per heavy atom. The summed E-state index contributed by atoms with van der Waals surface area (Å²) in [4.78, 5) is 16.5. The Labute approximate surface area is 172 Å². The van der Waals surface area contributed by atoms with Crippen molar-refractivity contribution in [3.63, 3.8) is 0 Å². The SMILES string of the molecule is COc1cccc(/C=C(\SCC(=O)[O-])c2nc3ccccc3s2)c1OC(C)C. The highest BCUT2D eigenvalue weighted by atomic mass is 32.2. The van der Waals surface area contributed by atoms with Gasteiger partial charge in [-0.3, -0.25) is 0 Å². The molecule has 0 aliphatic carbocycles. The fourth-order valence-corrected chi connectivity index (χ4v) is 4.42. The van der Waals surface area contributed by atoms with E-state index in [9.17, 15) is 9.90 Å². The minimum Gasteiger partial charge on any atom is -0.549 e. The van der Waals surface area contributed by atoms with Crippen molar-refractivity contribution in [1.29, 1.82) is 0 Å². The fourth-order valence-electron chi connectivity index (χ4n) is 2.59. The van der Waals surface area contributed by atoms with Crippen LogP contribution in [0.25, 0.3) is 21.2 Å². The highest BCUT2D eigenvalue weighted by Crippen LogP contribution is 2.39. The molecule has 1 heterocycles. The first-order valence-corrected chi connectivity index (χ1v) is 10.5. The highest BCUT2D eigenvalue weighted by Gasteiger charge is 2.15. The number of hydrogen-bond acceptors (Lipinski definition) is 7. The number of thioether (sulfide) groups is 1. The Hall–Kier alpha value is -2.51. The quantitative estimate of drug-likeness (QED) is 0.553. The third kappa shape index (κ3) is 4.85. The van der Waals surface area contributed by atoms with Gasteiger partial charge in [0.15, 0.2) is 11.5 Å². The van der Waals surface area contributed by atoms with Crippen LogP contribution in [0.2, 0.25) is 0 Å². The molecule has 0 unspecified atom stereocenters. The number of fused-ring (bicyclic) bond motifs is 1. The molecule has 0 saturated carbocycles. The Kier molecular flexibility index (Phi) is 6.59. The number of carboxylic acid groups (broad SMARTS) is 1. The van der Waals surface area contributed by atoms with Gasteiger partial charge in [-0.1, -0.05) is 24.3 Å². The molecule has 3 aromatic rings. The van der Waals surface area contributed by atoms with E-state index in [0.29, 0.717) is 11.5 Å². The number of methoxy groups -OCH3 is 1. The van der Waals surface area contributed by atoms with Crippen molar-refractivity contribution < 1.29 is 19.4 Å². The van der Waals surface area contributed by atoms with Crippen molar-refractivity contribution in [3.8, 4) is 11.5 Å². The predicted octanol–water partition coefficient (Wildman–Crippen LogP) is 4.07. The summed E-state index contributed by atoms with van der Waals surface area (Å²) >= 11 is 2.70. The van der Waals surface area contributed by atoms with Crippen LogP contribution in [0.1, 0.15) is 24.4 Å². The number of aromatic nitrogens is 1. The molecule has 28 heavy (non-hydrogen) atoms. The molecule has 0 atom stereocenters. The van der Waals surface area contributed by atoms with Crippen molar-refractivity contribution >= 4 is 50.3 Å². The molecular weight excluding hydrogens is 394 g/mol. The van der Waals surface area contributed by atoms with Crippen molar-refractivity contribution in [2.75, 3.05) is 12.9 Å². The zero-order chi connectivity index (χ0) is 20.1. The number of rotatable bonds is 8. The summed E-state index contributed by atoms with van der Waals surface area (Å²) in [6, 6.07) is 13.4. The third-order valence-electron chi connectivity index (χ3n) is 3.72. The number of carbonyl (C=O) groups is 1. The van der Waals surface area contributed by atoms with Gasteiger partial charge in [0.25, 0.3) is 0 Å². The van der Waals surface area contributed by atoms with E-state index >= 15 is 0 Å². The number of benzene rings is 2. The van der Waals surface area contributed by atoms with Crippen molar-refractivity contribution in [3.05, 3.63) is 53.0 Å². The van der Waals surface area contributed by atoms with E-state index in [4.69, 9.17) is 9.47 Å². The molecule has 2 aromatic carbocycles. The summed E-state index contributed by atoms with van der Waals surface area (Å²) in [7, 11) is 1.59. The number of ether oxygens (including phenoxy) is 2. The van der Waals surface area contributed by atoms with Crippen LogP contribution < -0.4 is 14.6 Å². The topological polar surface area (TPSA) is 71.5 Å². The van der Waals surface area contributed by atoms with Gasteiger partial charge in [0.2, 0.25) is 0 Å². The van der Waals surface area contributed by atoms with Crippen molar-refractivity contribution in [2.24, 2.45) is 0 Å². The maximum absolute atomic E-state index is 11.1. The zero-order valence-corrected chi connectivity index (χ0v) is 17.4. The molecule has 0 spiro atoms. The number of aliphatic carboxylic acids is 1. The van der Waals surface area contributed by atoms with E-state index in [1.54, 1.807) is 7.11 Å². The molecule has 0 radical (unpaired) electrons. The summed E-state index contributed by atoms with van der Waals surface area (Å²) < 4.78 is 12.4. The lowest BCUT2D eigenvalue weighted by molar-refractivity contribution is -0.301. The molecular formula is C21H20NO4S2-. The van der Waals surface area contributed by atoms with E-state index in [1.807, 2.05) is 62.4 Å². The summed E-state index contributed by atoms with van der Waals surface area (Å²) in [5.41, 5.74) is 1.68. The Bertz CT molecular complexity index is 978. The normalized spacial score (nSPS) is 11.8. The molecule has 0 bridgehead atoms. The molecule has 146 valence electrons. The summed E-state index contributed by atoms with van der Waals surface area (Å²) in [6.07, 6.45) is 1.86. The van der Waals surface area contributed by atoms with Crippen LogP contribution in [0.5, 0.6) is 11.5 Å². The lowest BCUT2D eigenvalue weighted by Gasteiger charge is -2.16. The molecule has 0 saturated heterocycles. The van der Waals surface area contributed by atoms with Crippen LogP contribution in [0.4, 0.5) is 0 Å². The van der Waals surface area contributed by atoms with E-state index in [2.05, 4.69) is 4.98 Å². The predicted molar refractivity (Wildman–Crippen MR) is 114 cm³/mol. The van der Waals surface area contributed by atoms with Crippen LogP contribution in [0.15, 0.2) is 42.5 Å². The van der Waals surface area contributed by atoms with Crippen molar-refractivity contribution in [1.82, 2.24) is 4.98 Å².